The van der Waals surface area contributed by atoms with Gasteiger partial charge in [-0.15, -0.1) is 16.8 Å². The van der Waals surface area contributed by atoms with Gasteiger partial charge in [0.2, 0.25) is 5.99 Å². The Morgan fingerprint density at radius 2 is 1.62 bits per heavy atom. The third-order valence-corrected chi connectivity index (χ3v) is 4.40. The molecule has 12 radical (unpaired) electrons. The fraction of sp³-hybridized carbons (Fsp3) is 0.500. The van der Waals surface area contributed by atoms with Crippen molar-refractivity contribution in [3.63, 3.8) is 0 Å². The molecule has 0 unspecified atom stereocenters. The minimum absolute atomic E-state index is 0.219. The second-order valence-electron chi connectivity index (χ2n) is 5.08. The van der Waals surface area contributed by atoms with Crippen molar-refractivity contribution in [1.29, 1.82) is 0 Å². The molecule has 2 heterocycles. The largest absolute Gasteiger partial charge is 0.330 e. The molecule has 1 aliphatic heterocycles. The predicted molar refractivity (Wildman–Crippen MR) is 92.5 cm³/mol. The first-order valence-corrected chi connectivity index (χ1v) is 6.77. The molecule has 0 aromatic carbocycles. The van der Waals surface area contributed by atoms with Crippen LogP contribution in [0.3, 0.4) is 0 Å². The molecule has 0 N–H and O–H groups in total. The van der Waals surface area contributed by atoms with Gasteiger partial charge in [0.15, 0.2) is 11.5 Å². The van der Waals surface area contributed by atoms with E-state index in [0.29, 0.717) is 0 Å². The van der Waals surface area contributed by atoms with Crippen molar-refractivity contribution in [2.45, 2.75) is 17.1 Å². The highest BCUT2D eigenvalue weighted by atomic mass is 32.2. The number of rotatable bonds is 4. The summed E-state index contributed by atoms with van der Waals surface area (Å²) in [5.41, 5.74) is -0.975. The first kappa shape index (κ1) is 16.7. The smallest absolute Gasteiger partial charge is 0.297 e. The molecule has 0 aliphatic carbocycles. The monoisotopic (exact) mass is 285 g/mol. The van der Waals surface area contributed by atoms with Gasteiger partial charge in [-0.05, 0) is 0 Å². The average molecular weight is 284 g/mol. The first-order chi connectivity index (χ1) is 9.37. The Kier molecular flexibility index (Phi) is 3.88. The maximum Gasteiger partial charge on any atom is 0.330 e. The van der Waals surface area contributed by atoms with Crippen molar-refractivity contribution in [3.8, 4) is 0 Å². The quantitative estimate of drug-likeness (QED) is 0.347. The second kappa shape index (κ2) is 4.90. The third-order valence-electron chi connectivity index (χ3n) is 3.11. The molecule has 0 saturated carbocycles. The van der Waals surface area contributed by atoms with Crippen molar-refractivity contribution in [1.82, 2.24) is 9.13 Å². The van der Waals surface area contributed by atoms with E-state index in [1.54, 1.807) is 6.82 Å². The van der Waals surface area contributed by atoms with Gasteiger partial charge in [-0.1, -0.05) is 12.1 Å². The van der Waals surface area contributed by atoms with Crippen LogP contribution in [0.4, 0.5) is 11.5 Å². The molecule has 1 aliphatic rings. The van der Waals surface area contributed by atoms with E-state index in [-0.39, 0.29) is 11.5 Å². The van der Waals surface area contributed by atoms with Gasteiger partial charge in [0, 0.05) is 30.6 Å². The molecule has 92 valence electrons. The predicted octanol–water partition coefficient (Wildman–Crippen LogP) is -2.54. The molecule has 0 saturated heterocycles. The lowest BCUT2D eigenvalue weighted by Gasteiger charge is -2.26. The molecule has 21 heavy (non-hydrogen) atoms. The SMILES string of the molecule is [B]C([B])([B])B(C)SN1c2c1n(C([B])([B])[B])c(=O)n(C)c2=O. The van der Waals surface area contributed by atoms with Crippen molar-refractivity contribution in [2.24, 2.45) is 7.05 Å². The zero-order chi connectivity index (χ0) is 16.3. The summed E-state index contributed by atoms with van der Waals surface area (Å²) in [5, 5.41) is -3.41. The Morgan fingerprint density at radius 3 is 2.05 bits per heavy atom. The summed E-state index contributed by atoms with van der Waals surface area (Å²) >= 11 is 1.08. The zero-order valence-corrected chi connectivity index (χ0v) is 12.4. The number of fused-ring (bicyclic) bond motifs is 1. The van der Waals surface area contributed by atoms with E-state index < -0.39 is 27.5 Å². The molecule has 5 nitrogen and oxygen atoms in total. The van der Waals surface area contributed by atoms with Crippen molar-refractivity contribution >= 4 is 76.4 Å². The average Bonchev–Trinajstić information content (AvgIpc) is 2.97. The summed E-state index contributed by atoms with van der Waals surface area (Å²) in [7, 11) is 34.8. The van der Waals surface area contributed by atoms with Crippen LogP contribution in [0.5, 0.6) is 0 Å². The van der Waals surface area contributed by atoms with Gasteiger partial charge < -0.3 is 0 Å². The Bertz CT molecular complexity index is 704. The van der Waals surface area contributed by atoms with Crippen LogP contribution in [-0.4, -0.2) is 62.2 Å². The van der Waals surface area contributed by atoms with E-state index in [2.05, 4.69) is 0 Å². The molecular formula is C8H6B7N3O2S. The van der Waals surface area contributed by atoms with Crippen molar-refractivity contribution < 1.29 is 0 Å². The number of nitrogens with zero attached hydrogens (tertiary/aromatic N) is 3. The molecule has 0 spiro atoms. The summed E-state index contributed by atoms with van der Waals surface area (Å²) in [6.45, 7) is 1.68. The van der Waals surface area contributed by atoms with Crippen LogP contribution in [-0.2, 0) is 12.3 Å². The molecule has 0 atom stereocenters. The van der Waals surface area contributed by atoms with Crippen LogP contribution in [0.1, 0.15) is 0 Å². The van der Waals surface area contributed by atoms with E-state index in [0.717, 1.165) is 20.9 Å². The summed E-state index contributed by atoms with van der Waals surface area (Å²) in [6.07, 6.45) is 0. The van der Waals surface area contributed by atoms with Crippen molar-refractivity contribution in [3.05, 3.63) is 20.8 Å². The Balaban J connectivity index is 2.49. The highest BCUT2D eigenvalue weighted by Crippen LogP contribution is 2.51. The van der Waals surface area contributed by atoms with Gasteiger partial charge in [-0.2, -0.15) is 0 Å². The standard InChI is InChI=1S/C8H6B7N3O2S/c1-15(7(9,10)11)21-18-3-4(18)17(8(12,13)14)6(20)16(2)5(3)19/h1-2H3. The highest BCUT2D eigenvalue weighted by Gasteiger charge is 2.44. The Morgan fingerprint density at radius 1 is 1.10 bits per heavy atom. The van der Waals surface area contributed by atoms with Crippen LogP contribution >= 0.6 is 11.8 Å². The van der Waals surface area contributed by atoms with E-state index in [1.165, 1.54) is 11.4 Å². The fourth-order valence-corrected chi connectivity index (χ4v) is 2.70. The minimum Gasteiger partial charge on any atom is -0.297 e. The number of hydrogen-bond acceptors (Lipinski definition) is 4. The minimum atomic E-state index is -1.95. The Hall–Kier alpha value is -0.715. The van der Waals surface area contributed by atoms with Gasteiger partial charge in [0.05, 0.1) is 23.5 Å². The topological polar surface area (TPSA) is 47.0 Å². The lowest BCUT2D eigenvalue weighted by atomic mass is 9.24. The summed E-state index contributed by atoms with van der Waals surface area (Å²) in [5.74, 6) is -0.238. The number of hydrogen-bond donors (Lipinski definition) is 0. The van der Waals surface area contributed by atoms with Crippen LogP contribution in [0, 0.1) is 0 Å². The molecule has 1 aromatic rings. The summed E-state index contributed by atoms with van der Waals surface area (Å²) in [4.78, 5) is 24.1. The maximum atomic E-state index is 12.1. The van der Waals surface area contributed by atoms with Gasteiger partial charge in [0.1, 0.15) is 0 Å². The number of anilines is 2. The van der Waals surface area contributed by atoms with Gasteiger partial charge in [-0.25, -0.2) is 4.79 Å². The molecule has 2 rings (SSSR count). The molecule has 0 amide bonds. The molecule has 0 bridgehead atoms. The normalized spacial score (nSPS) is 13.9. The van der Waals surface area contributed by atoms with Gasteiger partial charge >= 0.3 is 5.69 Å². The molecule has 0 fully saturated rings. The van der Waals surface area contributed by atoms with Crippen LogP contribution in [0.2, 0.25) is 11.8 Å². The van der Waals surface area contributed by atoms with Gasteiger partial charge in [0.25, 0.3) is 5.56 Å². The molecule has 1 aromatic heterocycles. The van der Waals surface area contributed by atoms with E-state index >= 15 is 0 Å². The number of aromatic nitrogens is 2. The van der Waals surface area contributed by atoms with E-state index in [1.807, 2.05) is 0 Å². The Labute approximate surface area is 135 Å². The second-order valence-corrected chi connectivity index (χ2v) is 6.37. The lowest BCUT2D eigenvalue weighted by molar-refractivity contribution is 0.661. The summed E-state index contributed by atoms with van der Waals surface area (Å²) in [6, 6.07) is 0. The molecular weight excluding hydrogens is 278 g/mol. The third kappa shape index (κ3) is 2.81. The van der Waals surface area contributed by atoms with Crippen LogP contribution < -0.4 is 15.6 Å². The first-order valence-electron chi connectivity index (χ1n) is 5.94. The fourth-order valence-electron chi connectivity index (χ4n) is 1.71. The lowest BCUT2D eigenvalue weighted by Crippen LogP contribution is -2.47. The van der Waals surface area contributed by atoms with E-state index in [9.17, 15) is 9.59 Å². The van der Waals surface area contributed by atoms with Gasteiger partial charge in [-0.3, -0.25) is 18.2 Å². The highest BCUT2D eigenvalue weighted by molar-refractivity contribution is 8.27. The van der Waals surface area contributed by atoms with Crippen LogP contribution in [0.15, 0.2) is 9.59 Å². The van der Waals surface area contributed by atoms with Crippen molar-refractivity contribution in [2.75, 3.05) is 4.31 Å². The van der Waals surface area contributed by atoms with Crippen LogP contribution in [0.25, 0.3) is 0 Å². The molecule has 13 heteroatoms. The maximum absolute atomic E-state index is 12.1. The zero-order valence-electron chi connectivity index (χ0n) is 11.6. The van der Waals surface area contributed by atoms with E-state index in [4.69, 9.17) is 47.1 Å². The summed E-state index contributed by atoms with van der Waals surface area (Å²) < 4.78 is 3.23.